The van der Waals surface area contributed by atoms with Crippen LogP contribution in [0.2, 0.25) is 0 Å². The van der Waals surface area contributed by atoms with Gasteiger partial charge < -0.3 is 14.5 Å². The molecule has 5 nitrogen and oxygen atoms in total. The van der Waals surface area contributed by atoms with Crippen LogP contribution in [0.4, 0.5) is 0 Å². The van der Waals surface area contributed by atoms with Crippen molar-refractivity contribution in [2.24, 2.45) is 5.92 Å². The van der Waals surface area contributed by atoms with Gasteiger partial charge in [-0.2, -0.15) is 0 Å². The van der Waals surface area contributed by atoms with Gasteiger partial charge in [0.25, 0.3) is 5.91 Å². The van der Waals surface area contributed by atoms with Crippen LogP contribution >= 0.6 is 0 Å². The minimum Gasteiger partial charge on any atom is -0.469 e. The predicted octanol–water partition coefficient (Wildman–Crippen LogP) is 3.43. The summed E-state index contributed by atoms with van der Waals surface area (Å²) < 4.78 is 4.84. The number of hydrogen-bond donors (Lipinski definition) is 0. The van der Waals surface area contributed by atoms with Gasteiger partial charge in [-0.1, -0.05) is 13.0 Å². The molecular formula is C22H34N2O3. The SMILES string of the molecule is COC(=O)C(C)CN(CCCCN1CCCC1)C(=O)c1ccc(C)c(C)c1. The average molecular weight is 375 g/mol. The van der Waals surface area contributed by atoms with Gasteiger partial charge in [0.1, 0.15) is 0 Å². The summed E-state index contributed by atoms with van der Waals surface area (Å²) in [5.41, 5.74) is 2.97. The van der Waals surface area contributed by atoms with Crippen molar-refractivity contribution >= 4 is 11.9 Å². The van der Waals surface area contributed by atoms with E-state index >= 15 is 0 Å². The molecule has 1 fully saturated rings. The van der Waals surface area contributed by atoms with Crippen molar-refractivity contribution in [2.45, 2.75) is 46.5 Å². The minimum atomic E-state index is -0.330. The molecule has 150 valence electrons. The number of methoxy groups -OCH3 is 1. The highest BCUT2D eigenvalue weighted by Gasteiger charge is 2.22. The molecule has 1 amide bonds. The summed E-state index contributed by atoms with van der Waals surface area (Å²) in [5.74, 6) is -0.607. The number of carbonyl (C=O) groups excluding carboxylic acids is 2. The van der Waals surface area contributed by atoms with Crippen LogP contribution in [0.3, 0.4) is 0 Å². The second-order valence-corrected chi connectivity index (χ2v) is 7.73. The molecule has 0 N–H and O–H groups in total. The molecule has 2 rings (SSSR count). The Morgan fingerprint density at radius 2 is 1.85 bits per heavy atom. The van der Waals surface area contributed by atoms with Crippen LogP contribution in [-0.2, 0) is 9.53 Å². The number of rotatable bonds is 9. The molecule has 0 aromatic heterocycles. The van der Waals surface area contributed by atoms with E-state index in [1.54, 1.807) is 0 Å². The lowest BCUT2D eigenvalue weighted by atomic mass is 10.0. The van der Waals surface area contributed by atoms with E-state index in [1.807, 2.05) is 43.9 Å². The van der Waals surface area contributed by atoms with Crippen molar-refractivity contribution < 1.29 is 14.3 Å². The average Bonchev–Trinajstić information content (AvgIpc) is 3.18. The monoisotopic (exact) mass is 374 g/mol. The van der Waals surface area contributed by atoms with Crippen LogP contribution < -0.4 is 0 Å². The van der Waals surface area contributed by atoms with Crippen LogP contribution in [-0.4, -0.2) is 61.5 Å². The van der Waals surface area contributed by atoms with Crippen LogP contribution in [0.25, 0.3) is 0 Å². The molecule has 1 aromatic rings. The lowest BCUT2D eigenvalue weighted by Gasteiger charge is -2.26. The summed E-state index contributed by atoms with van der Waals surface area (Å²) in [6.45, 7) is 10.4. The van der Waals surface area contributed by atoms with Crippen LogP contribution in [0.15, 0.2) is 18.2 Å². The summed E-state index contributed by atoms with van der Waals surface area (Å²) in [6.07, 6.45) is 4.62. The van der Waals surface area contributed by atoms with Crippen LogP contribution in [0.1, 0.15) is 54.1 Å². The Labute approximate surface area is 163 Å². The highest BCUT2D eigenvalue weighted by molar-refractivity contribution is 5.94. The van der Waals surface area contributed by atoms with Gasteiger partial charge in [-0.3, -0.25) is 9.59 Å². The van der Waals surface area contributed by atoms with E-state index in [9.17, 15) is 9.59 Å². The lowest BCUT2D eigenvalue weighted by Crippen LogP contribution is -2.38. The third-order valence-electron chi connectivity index (χ3n) is 5.49. The van der Waals surface area contributed by atoms with Crippen molar-refractivity contribution in [1.29, 1.82) is 0 Å². The van der Waals surface area contributed by atoms with E-state index < -0.39 is 0 Å². The third-order valence-corrected chi connectivity index (χ3v) is 5.49. The maximum Gasteiger partial charge on any atom is 0.310 e. The smallest absolute Gasteiger partial charge is 0.310 e. The Hall–Kier alpha value is -1.88. The molecule has 5 heteroatoms. The van der Waals surface area contributed by atoms with Crippen LogP contribution in [0, 0.1) is 19.8 Å². The Balaban J connectivity index is 1.99. The van der Waals surface area contributed by atoms with Crippen LogP contribution in [0.5, 0.6) is 0 Å². The number of unbranched alkanes of at least 4 members (excludes halogenated alkanes) is 1. The first kappa shape index (κ1) is 21.4. The summed E-state index contributed by atoms with van der Waals surface area (Å²) in [5, 5.41) is 0. The maximum absolute atomic E-state index is 13.1. The van der Waals surface area contributed by atoms with Gasteiger partial charge in [0.05, 0.1) is 13.0 Å². The second-order valence-electron chi connectivity index (χ2n) is 7.73. The molecule has 0 aliphatic carbocycles. The molecule has 0 radical (unpaired) electrons. The molecular weight excluding hydrogens is 340 g/mol. The highest BCUT2D eigenvalue weighted by atomic mass is 16.5. The van der Waals surface area contributed by atoms with Gasteiger partial charge in [0, 0.05) is 18.7 Å². The Morgan fingerprint density at radius 1 is 1.15 bits per heavy atom. The molecule has 0 saturated carbocycles. The van der Waals surface area contributed by atoms with E-state index in [0.29, 0.717) is 18.7 Å². The molecule has 1 heterocycles. The zero-order chi connectivity index (χ0) is 19.8. The normalized spacial score (nSPS) is 15.6. The molecule has 1 saturated heterocycles. The molecule has 1 unspecified atom stereocenters. The number of benzene rings is 1. The highest BCUT2D eigenvalue weighted by Crippen LogP contribution is 2.15. The zero-order valence-electron chi connectivity index (χ0n) is 17.3. The van der Waals surface area contributed by atoms with E-state index in [2.05, 4.69) is 4.90 Å². The quantitative estimate of drug-likeness (QED) is 0.491. The summed E-state index contributed by atoms with van der Waals surface area (Å²) in [6, 6.07) is 5.81. The first-order valence-electron chi connectivity index (χ1n) is 10.1. The predicted molar refractivity (Wildman–Crippen MR) is 108 cm³/mol. The van der Waals surface area contributed by atoms with E-state index in [0.717, 1.165) is 24.9 Å². The largest absolute Gasteiger partial charge is 0.469 e. The van der Waals surface area contributed by atoms with Gasteiger partial charge in [0.15, 0.2) is 0 Å². The summed E-state index contributed by atoms with van der Waals surface area (Å²) in [4.78, 5) is 29.2. The van der Waals surface area contributed by atoms with Gasteiger partial charge in [-0.25, -0.2) is 0 Å². The number of nitrogens with zero attached hydrogens (tertiary/aromatic N) is 2. The number of hydrogen-bond acceptors (Lipinski definition) is 4. The number of aryl methyl sites for hydroxylation is 2. The standard InChI is InChI=1S/C22H34N2O3/c1-17-9-10-20(15-18(17)2)21(25)24(16-19(3)22(26)27-4)14-8-7-13-23-11-5-6-12-23/h9-10,15,19H,5-8,11-14,16H2,1-4H3. The lowest BCUT2D eigenvalue weighted by molar-refractivity contribution is -0.145. The van der Waals surface area contributed by atoms with Gasteiger partial charge >= 0.3 is 5.97 Å². The number of carbonyl (C=O) groups is 2. The molecule has 1 aliphatic heterocycles. The molecule has 0 spiro atoms. The fourth-order valence-electron chi connectivity index (χ4n) is 3.58. The number of esters is 1. The van der Waals surface area contributed by atoms with E-state index in [4.69, 9.17) is 4.74 Å². The van der Waals surface area contributed by atoms with E-state index in [1.165, 1.54) is 38.6 Å². The zero-order valence-corrected chi connectivity index (χ0v) is 17.3. The Bertz CT molecular complexity index is 638. The maximum atomic E-state index is 13.1. The second kappa shape index (κ2) is 10.5. The Kier molecular flexibility index (Phi) is 8.29. The fourth-order valence-corrected chi connectivity index (χ4v) is 3.58. The minimum absolute atomic E-state index is 0.00461. The number of ether oxygens (including phenoxy) is 1. The molecule has 1 aromatic carbocycles. The third kappa shape index (κ3) is 6.35. The Morgan fingerprint density at radius 3 is 2.48 bits per heavy atom. The van der Waals surface area contributed by atoms with Gasteiger partial charge in [-0.15, -0.1) is 0 Å². The number of likely N-dealkylation sites (tertiary alicyclic amines) is 1. The van der Waals surface area contributed by atoms with Gasteiger partial charge in [-0.05, 0) is 82.4 Å². The van der Waals surface area contributed by atoms with Crippen molar-refractivity contribution in [3.05, 3.63) is 34.9 Å². The van der Waals surface area contributed by atoms with Crippen molar-refractivity contribution in [3.8, 4) is 0 Å². The molecule has 0 bridgehead atoms. The van der Waals surface area contributed by atoms with Gasteiger partial charge in [0.2, 0.25) is 0 Å². The van der Waals surface area contributed by atoms with Crippen molar-refractivity contribution in [2.75, 3.05) is 39.8 Å². The molecule has 27 heavy (non-hydrogen) atoms. The first-order valence-corrected chi connectivity index (χ1v) is 10.1. The molecule has 1 aliphatic rings. The van der Waals surface area contributed by atoms with Crippen molar-refractivity contribution in [1.82, 2.24) is 9.80 Å². The summed E-state index contributed by atoms with van der Waals surface area (Å²) >= 11 is 0. The topological polar surface area (TPSA) is 49.9 Å². The van der Waals surface area contributed by atoms with E-state index in [-0.39, 0.29) is 17.8 Å². The van der Waals surface area contributed by atoms with Crippen molar-refractivity contribution in [3.63, 3.8) is 0 Å². The first-order chi connectivity index (χ1) is 12.9. The molecule has 1 atom stereocenters. The number of amides is 1. The fraction of sp³-hybridized carbons (Fsp3) is 0.636. The summed E-state index contributed by atoms with van der Waals surface area (Å²) in [7, 11) is 1.39.